The lowest BCUT2D eigenvalue weighted by Crippen LogP contribution is -2.19. The Morgan fingerprint density at radius 2 is 2.00 bits per heavy atom. The third-order valence-electron chi connectivity index (χ3n) is 3.82. The van der Waals surface area contributed by atoms with E-state index in [-0.39, 0.29) is 16.6 Å². The van der Waals surface area contributed by atoms with Crippen molar-refractivity contribution in [3.8, 4) is 0 Å². The number of rotatable bonds is 2. The van der Waals surface area contributed by atoms with E-state index in [9.17, 15) is 9.18 Å². The normalized spacial score (nSPS) is 15.3. The average Bonchev–Trinajstić information content (AvgIpc) is 2.46. The number of carbonyl (C=O) groups excluding carboxylic acids is 1. The van der Waals surface area contributed by atoms with Crippen molar-refractivity contribution in [3.63, 3.8) is 0 Å². The van der Waals surface area contributed by atoms with E-state index >= 15 is 0 Å². The van der Waals surface area contributed by atoms with Gasteiger partial charge in [-0.1, -0.05) is 34.1 Å². The van der Waals surface area contributed by atoms with E-state index in [1.165, 1.54) is 6.07 Å². The summed E-state index contributed by atoms with van der Waals surface area (Å²) in [5.74, 6) is -0.149. The molecule has 2 aromatic carbocycles. The molecule has 0 spiro atoms. The number of hydrogen-bond acceptors (Lipinski definition) is 1. The zero-order valence-electron chi connectivity index (χ0n) is 11.6. The molecule has 0 saturated carbocycles. The highest BCUT2D eigenvalue weighted by Crippen LogP contribution is 2.35. The Kier molecular flexibility index (Phi) is 3.81. The lowest BCUT2D eigenvalue weighted by Gasteiger charge is -2.20. The highest BCUT2D eigenvalue weighted by atomic mass is 79.9. The van der Waals surface area contributed by atoms with E-state index in [0.29, 0.717) is 6.42 Å². The fraction of sp³-hybridized carbons (Fsp3) is 0.235. The maximum absolute atomic E-state index is 13.2. The molecule has 1 amide bonds. The van der Waals surface area contributed by atoms with Gasteiger partial charge in [-0.25, -0.2) is 4.39 Å². The van der Waals surface area contributed by atoms with E-state index in [4.69, 9.17) is 0 Å². The van der Waals surface area contributed by atoms with Crippen LogP contribution in [-0.2, 0) is 11.2 Å². The molecule has 0 saturated heterocycles. The standard InChI is InChI=1S/C17H15BrFNO/c1-10-8-13(19)4-5-14(10)17(18)12-2-6-15-11(9-12)3-7-16(21)20-15/h2,4-6,8-9,17H,3,7H2,1H3,(H,20,21). The molecule has 108 valence electrons. The molecule has 1 atom stereocenters. The first-order valence-electron chi connectivity index (χ1n) is 6.87. The van der Waals surface area contributed by atoms with Gasteiger partial charge in [-0.05, 0) is 53.8 Å². The van der Waals surface area contributed by atoms with E-state index in [1.54, 1.807) is 6.07 Å². The summed E-state index contributed by atoms with van der Waals surface area (Å²) in [6.07, 6.45) is 1.29. The number of benzene rings is 2. The summed E-state index contributed by atoms with van der Waals surface area (Å²) < 4.78 is 13.2. The maximum Gasteiger partial charge on any atom is 0.224 e. The van der Waals surface area contributed by atoms with Gasteiger partial charge in [0.05, 0.1) is 4.83 Å². The lowest BCUT2D eigenvalue weighted by molar-refractivity contribution is -0.116. The quantitative estimate of drug-likeness (QED) is 0.796. The molecule has 1 aliphatic heterocycles. The zero-order chi connectivity index (χ0) is 15.0. The van der Waals surface area contributed by atoms with E-state index in [2.05, 4.69) is 27.3 Å². The number of amides is 1. The Morgan fingerprint density at radius 3 is 2.76 bits per heavy atom. The molecule has 0 aromatic heterocycles. The molecule has 0 radical (unpaired) electrons. The van der Waals surface area contributed by atoms with Gasteiger partial charge in [0.1, 0.15) is 5.82 Å². The minimum atomic E-state index is -0.218. The van der Waals surface area contributed by atoms with Crippen molar-refractivity contribution < 1.29 is 9.18 Å². The van der Waals surface area contributed by atoms with Crippen LogP contribution in [0.25, 0.3) is 0 Å². The minimum Gasteiger partial charge on any atom is -0.326 e. The van der Waals surface area contributed by atoms with Crippen LogP contribution in [0.3, 0.4) is 0 Å². The van der Waals surface area contributed by atoms with Gasteiger partial charge in [0, 0.05) is 12.1 Å². The number of carbonyl (C=O) groups is 1. The third-order valence-corrected chi connectivity index (χ3v) is 4.84. The zero-order valence-corrected chi connectivity index (χ0v) is 13.2. The van der Waals surface area contributed by atoms with Gasteiger partial charge in [-0.3, -0.25) is 4.79 Å². The summed E-state index contributed by atoms with van der Waals surface area (Å²) in [5, 5.41) is 2.88. The molecule has 4 heteroatoms. The minimum absolute atomic E-state index is 0.0148. The number of alkyl halides is 1. The number of hydrogen-bond donors (Lipinski definition) is 1. The van der Waals surface area contributed by atoms with Crippen LogP contribution in [0.2, 0.25) is 0 Å². The molecule has 1 N–H and O–H groups in total. The number of aryl methyl sites for hydroxylation is 2. The summed E-state index contributed by atoms with van der Waals surface area (Å²) >= 11 is 3.70. The highest BCUT2D eigenvalue weighted by molar-refractivity contribution is 9.09. The van der Waals surface area contributed by atoms with Crippen LogP contribution in [0.15, 0.2) is 36.4 Å². The largest absolute Gasteiger partial charge is 0.326 e. The summed E-state index contributed by atoms with van der Waals surface area (Å²) in [4.78, 5) is 11.4. The van der Waals surface area contributed by atoms with Crippen LogP contribution in [0.4, 0.5) is 10.1 Å². The number of anilines is 1. The van der Waals surface area contributed by atoms with Crippen LogP contribution in [0.5, 0.6) is 0 Å². The van der Waals surface area contributed by atoms with Crippen LogP contribution in [0.1, 0.15) is 33.5 Å². The molecule has 1 unspecified atom stereocenters. The smallest absolute Gasteiger partial charge is 0.224 e. The van der Waals surface area contributed by atoms with Gasteiger partial charge in [0.2, 0.25) is 5.91 Å². The average molecular weight is 348 g/mol. The van der Waals surface area contributed by atoms with Crippen molar-refractivity contribution in [1.29, 1.82) is 0 Å². The fourth-order valence-electron chi connectivity index (χ4n) is 2.66. The Hall–Kier alpha value is -1.68. The molecule has 2 nitrogen and oxygen atoms in total. The Labute approximate surface area is 131 Å². The monoisotopic (exact) mass is 347 g/mol. The van der Waals surface area contributed by atoms with Gasteiger partial charge < -0.3 is 5.32 Å². The second-order valence-corrected chi connectivity index (χ2v) is 6.24. The maximum atomic E-state index is 13.2. The van der Waals surface area contributed by atoms with Gasteiger partial charge in [0.15, 0.2) is 0 Å². The molecule has 1 aliphatic rings. The lowest BCUT2D eigenvalue weighted by atomic mass is 9.95. The number of halogens is 2. The van der Waals surface area contributed by atoms with Crippen molar-refractivity contribution in [2.24, 2.45) is 0 Å². The fourth-order valence-corrected chi connectivity index (χ4v) is 3.46. The van der Waals surface area contributed by atoms with E-state index in [1.807, 2.05) is 25.1 Å². The summed E-state index contributed by atoms with van der Waals surface area (Å²) in [5.41, 5.74) is 5.13. The topological polar surface area (TPSA) is 29.1 Å². The van der Waals surface area contributed by atoms with Gasteiger partial charge in [-0.2, -0.15) is 0 Å². The van der Waals surface area contributed by atoms with Crippen LogP contribution in [0, 0.1) is 12.7 Å². The van der Waals surface area contributed by atoms with Crippen molar-refractivity contribution >= 4 is 27.5 Å². The summed E-state index contributed by atoms with van der Waals surface area (Å²) in [6.45, 7) is 1.91. The SMILES string of the molecule is Cc1cc(F)ccc1C(Br)c1ccc2c(c1)CCC(=O)N2. The highest BCUT2D eigenvalue weighted by Gasteiger charge is 2.18. The Balaban J connectivity index is 1.95. The van der Waals surface area contributed by atoms with Gasteiger partial charge in [0.25, 0.3) is 0 Å². The second-order valence-electron chi connectivity index (χ2n) is 5.33. The predicted octanol–water partition coefficient (Wildman–Crippen LogP) is 4.50. The molecule has 0 bridgehead atoms. The Bertz CT molecular complexity index is 714. The van der Waals surface area contributed by atoms with Crippen molar-refractivity contribution in [1.82, 2.24) is 0 Å². The second kappa shape index (κ2) is 5.60. The Morgan fingerprint density at radius 1 is 1.19 bits per heavy atom. The van der Waals surface area contributed by atoms with E-state index in [0.717, 1.165) is 34.4 Å². The first-order valence-corrected chi connectivity index (χ1v) is 7.79. The predicted molar refractivity (Wildman–Crippen MR) is 85.3 cm³/mol. The molecule has 3 rings (SSSR count). The molecule has 0 aliphatic carbocycles. The van der Waals surface area contributed by atoms with Crippen LogP contribution >= 0.6 is 15.9 Å². The summed E-state index contributed by atoms with van der Waals surface area (Å²) in [7, 11) is 0. The van der Waals surface area contributed by atoms with Gasteiger partial charge in [-0.15, -0.1) is 0 Å². The molecule has 0 fully saturated rings. The van der Waals surface area contributed by atoms with Crippen molar-refractivity contribution in [2.45, 2.75) is 24.6 Å². The van der Waals surface area contributed by atoms with Crippen molar-refractivity contribution in [2.75, 3.05) is 5.32 Å². The van der Waals surface area contributed by atoms with Gasteiger partial charge >= 0.3 is 0 Å². The number of nitrogens with one attached hydrogen (secondary N) is 1. The molecular formula is C17H15BrFNO. The summed E-state index contributed by atoms with van der Waals surface area (Å²) in [6, 6.07) is 10.9. The third kappa shape index (κ3) is 2.86. The van der Waals surface area contributed by atoms with Crippen molar-refractivity contribution in [3.05, 3.63) is 64.5 Å². The number of fused-ring (bicyclic) bond motifs is 1. The van der Waals surface area contributed by atoms with E-state index < -0.39 is 0 Å². The molecular weight excluding hydrogens is 333 g/mol. The molecule has 2 aromatic rings. The van der Waals surface area contributed by atoms with Crippen LogP contribution < -0.4 is 5.32 Å². The molecule has 1 heterocycles. The first-order chi connectivity index (χ1) is 10.0. The first kappa shape index (κ1) is 14.3. The molecule has 21 heavy (non-hydrogen) atoms. The van der Waals surface area contributed by atoms with Crippen LogP contribution in [-0.4, -0.2) is 5.91 Å².